The molecule has 5 heteroatoms. The van der Waals surface area contributed by atoms with E-state index in [1.165, 1.54) is 11.5 Å². The molecule has 0 aliphatic heterocycles. The Balaban J connectivity index is 2.21. The van der Waals surface area contributed by atoms with Gasteiger partial charge >= 0.3 is 0 Å². The van der Waals surface area contributed by atoms with Gasteiger partial charge in [-0.15, -0.1) is 0 Å². The molecular formula is C11H13N3OS. The van der Waals surface area contributed by atoms with Crippen LogP contribution in [0.4, 0.5) is 0 Å². The second-order valence-corrected chi connectivity index (χ2v) is 4.12. The normalized spacial score (nSPS) is 10.4. The average Bonchev–Trinajstić information content (AvgIpc) is 2.78. The molecule has 1 heterocycles. The van der Waals surface area contributed by atoms with Crippen LogP contribution in [0.3, 0.4) is 0 Å². The molecule has 2 aromatic rings. The van der Waals surface area contributed by atoms with Crippen LogP contribution in [-0.2, 0) is 6.42 Å². The minimum atomic E-state index is 0.608. The summed E-state index contributed by atoms with van der Waals surface area (Å²) in [4.78, 5) is 4.41. The van der Waals surface area contributed by atoms with E-state index < -0.39 is 0 Å². The van der Waals surface area contributed by atoms with Gasteiger partial charge in [-0.05, 0) is 42.3 Å². The molecule has 0 spiro atoms. The Bertz CT molecular complexity index is 453. The molecule has 0 aliphatic rings. The molecule has 1 aromatic heterocycles. The summed E-state index contributed by atoms with van der Waals surface area (Å²) >= 11 is 1.41. The maximum atomic E-state index is 5.47. The van der Waals surface area contributed by atoms with Crippen molar-refractivity contribution in [3.05, 3.63) is 29.3 Å². The van der Waals surface area contributed by atoms with Crippen molar-refractivity contribution in [3.8, 4) is 17.1 Å². The van der Waals surface area contributed by atoms with Gasteiger partial charge in [0, 0.05) is 12.0 Å². The first-order valence-electron chi connectivity index (χ1n) is 5.00. The first kappa shape index (κ1) is 11.0. The lowest BCUT2D eigenvalue weighted by Crippen LogP contribution is -2.01. The fourth-order valence-corrected chi connectivity index (χ4v) is 2.01. The topological polar surface area (TPSA) is 61.0 Å². The van der Waals surface area contributed by atoms with E-state index in [0.717, 1.165) is 28.6 Å². The molecule has 0 unspecified atom stereocenters. The summed E-state index contributed by atoms with van der Waals surface area (Å²) in [5, 5.41) is 0.980. The average molecular weight is 235 g/mol. The van der Waals surface area contributed by atoms with Gasteiger partial charge in [0.15, 0.2) is 5.82 Å². The van der Waals surface area contributed by atoms with Crippen LogP contribution in [0.25, 0.3) is 11.4 Å². The molecule has 0 radical (unpaired) electrons. The third-order valence-corrected chi connectivity index (χ3v) is 2.94. The van der Waals surface area contributed by atoms with Crippen molar-refractivity contribution in [2.75, 3.05) is 13.7 Å². The first-order valence-corrected chi connectivity index (χ1v) is 5.78. The number of benzene rings is 1. The monoisotopic (exact) mass is 235 g/mol. The molecule has 4 nitrogen and oxygen atoms in total. The van der Waals surface area contributed by atoms with Gasteiger partial charge in [-0.1, -0.05) is 0 Å². The zero-order chi connectivity index (χ0) is 11.4. The number of nitrogens with two attached hydrogens (primary N) is 1. The molecule has 0 fully saturated rings. The predicted octanol–water partition coefficient (Wildman–Crippen LogP) is 1.71. The molecule has 2 rings (SSSR count). The summed E-state index contributed by atoms with van der Waals surface area (Å²) in [7, 11) is 1.65. The van der Waals surface area contributed by atoms with Gasteiger partial charge in [0.25, 0.3) is 0 Å². The van der Waals surface area contributed by atoms with Crippen molar-refractivity contribution in [2.24, 2.45) is 5.73 Å². The van der Waals surface area contributed by atoms with Crippen molar-refractivity contribution in [1.82, 2.24) is 9.36 Å². The lowest BCUT2D eigenvalue weighted by atomic mass is 10.2. The molecule has 0 amide bonds. The largest absolute Gasteiger partial charge is 0.497 e. The summed E-state index contributed by atoms with van der Waals surface area (Å²) in [5.74, 6) is 1.59. The maximum absolute atomic E-state index is 5.47. The van der Waals surface area contributed by atoms with Gasteiger partial charge in [-0.2, -0.15) is 4.37 Å². The Hall–Kier alpha value is -1.46. The van der Waals surface area contributed by atoms with E-state index in [4.69, 9.17) is 10.5 Å². The summed E-state index contributed by atoms with van der Waals surface area (Å²) in [6.45, 7) is 0.608. The highest BCUT2D eigenvalue weighted by molar-refractivity contribution is 7.05. The molecule has 0 aliphatic carbocycles. The van der Waals surface area contributed by atoms with Gasteiger partial charge < -0.3 is 10.5 Å². The number of hydrogen-bond donors (Lipinski definition) is 1. The zero-order valence-corrected chi connectivity index (χ0v) is 9.83. The lowest BCUT2D eigenvalue weighted by Gasteiger charge is -1.99. The smallest absolute Gasteiger partial charge is 0.173 e. The van der Waals surface area contributed by atoms with E-state index in [1.807, 2.05) is 24.3 Å². The van der Waals surface area contributed by atoms with Crippen LogP contribution in [0.5, 0.6) is 5.75 Å². The fourth-order valence-electron chi connectivity index (χ4n) is 1.34. The van der Waals surface area contributed by atoms with Crippen molar-refractivity contribution >= 4 is 11.5 Å². The SMILES string of the molecule is COc1ccc(-c2nsc(CCN)n2)cc1. The number of methoxy groups -OCH3 is 1. The summed E-state index contributed by atoms with van der Waals surface area (Å²) in [6, 6.07) is 7.71. The molecule has 2 N–H and O–H groups in total. The van der Waals surface area contributed by atoms with Gasteiger partial charge in [0.1, 0.15) is 10.8 Å². The van der Waals surface area contributed by atoms with E-state index >= 15 is 0 Å². The van der Waals surface area contributed by atoms with Crippen LogP contribution in [0.2, 0.25) is 0 Å². The Morgan fingerprint density at radius 1 is 1.31 bits per heavy atom. The Morgan fingerprint density at radius 2 is 2.06 bits per heavy atom. The number of rotatable bonds is 4. The van der Waals surface area contributed by atoms with Gasteiger partial charge in [0.05, 0.1) is 7.11 Å². The fraction of sp³-hybridized carbons (Fsp3) is 0.273. The summed E-state index contributed by atoms with van der Waals surface area (Å²) < 4.78 is 9.39. The summed E-state index contributed by atoms with van der Waals surface area (Å²) in [6.07, 6.45) is 0.786. The van der Waals surface area contributed by atoms with Crippen molar-refractivity contribution in [3.63, 3.8) is 0 Å². The van der Waals surface area contributed by atoms with E-state index in [0.29, 0.717) is 6.54 Å². The van der Waals surface area contributed by atoms with Gasteiger partial charge in [-0.25, -0.2) is 4.98 Å². The molecule has 0 saturated carbocycles. The molecule has 0 atom stereocenters. The molecule has 84 valence electrons. The maximum Gasteiger partial charge on any atom is 0.173 e. The molecule has 16 heavy (non-hydrogen) atoms. The molecular weight excluding hydrogens is 222 g/mol. The van der Waals surface area contributed by atoms with Crippen LogP contribution >= 0.6 is 11.5 Å². The van der Waals surface area contributed by atoms with Crippen molar-refractivity contribution in [2.45, 2.75) is 6.42 Å². The second-order valence-electron chi connectivity index (χ2n) is 3.28. The van der Waals surface area contributed by atoms with Crippen LogP contribution in [0, 0.1) is 0 Å². The number of ether oxygens (including phenoxy) is 1. The highest BCUT2D eigenvalue weighted by Crippen LogP contribution is 2.21. The van der Waals surface area contributed by atoms with E-state index in [-0.39, 0.29) is 0 Å². The first-order chi connectivity index (χ1) is 7.83. The van der Waals surface area contributed by atoms with Crippen LogP contribution < -0.4 is 10.5 Å². The zero-order valence-electron chi connectivity index (χ0n) is 9.01. The summed E-state index contributed by atoms with van der Waals surface area (Å²) in [5.41, 5.74) is 6.47. The van der Waals surface area contributed by atoms with Crippen molar-refractivity contribution in [1.29, 1.82) is 0 Å². The standard InChI is InChI=1S/C11H13N3OS/c1-15-9-4-2-8(3-5-9)11-13-10(6-7-12)16-14-11/h2-5H,6-7,12H2,1H3. The number of aromatic nitrogens is 2. The number of nitrogens with zero attached hydrogens (tertiary/aromatic N) is 2. The van der Waals surface area contributed by atoms with E-state index in [1.54, 1.807) is 7.11 Å². The van der Waals surface area contributed by atoms with Crippen LogP contribution in [-0.4, -0.2) is 23.0 Å². The highest BCUT2D eigenvalue weighted by atomic mass is 32.1. The molecule has 1 aromatic carbocycles. The minimum absolute atomic E-state index is 0.608. The molecule has 0 bridgehead atoms. The molecule has 0 saturated heterocycles. The van der Waals surface area contributed by atoms with E-state index in [9.17, 15) is 0 Å². The third kappa shape index (κ3) is 2.37. The Kier molecular flexibility index (Phi) is 3.48. The Morgan fingerprint density at radius 3 is 2.69 bits per heavy atom. The quantitative estimate of drug-likeness (QED) is 0.876. The van der Waals surface area contributed by atoms with Crippen LogP contribution in [0.15, 0.2) is 24.3 Å². The minimum Gasteiger partial charge on any atom is -0.497 e. The van der Waals surface area contributed by atoms with Gasteiger partial charge in [-0.3, -0.25) is 0 Å². The predicted molar refractivity (Wildman–Crippen MR) is 64.7 cm³/mol. The van der Waals surface area contributed by atoms with E-state index in [2.05, 4.69) is 9.36 Å². The Labute approximate surface area is 98.3 Å². The second kappa shape index (κ2) is 5.05. The lowest BCUT2D eigenvalue weighted by molar-refractivity contribution is 0.415. The highest BCUT2D eigenvalue weighted by Gasteiger charge is 2.05. The third-order valence-electron chi connectivity index (χ3n) is 2.17. The van der Waals surface area contributed by atoms with Crippen molar-refractivity contribution < 1.29 is 4.74 Å². The van der Waals surface area contributed by atoms with Crippen LogP contribution in [0.1, 0.15) is 5.01 Å². The van der Waals surface area contributed by atoms with Gasteiger partial charge in [0.2, 0.25) is 0 Å². The number of hydrogen-bond acceptors (Lipinski definition) is 5.